The molecule has 0 aliphatic carbocycles. The maximum absolute atomic E-state index is 12.3. The summed E-state index contributed by atoms with van der Waals surface area (Å²) >= 11 is 0. The highest BCUT2D eigenvalue weighted by Crippen LogP contribution is 2.14. The molecule has 0 saturated heterocycles. The van der Waals surface area contributed by atoms with E-state index in [1.165, 1.54) is 13.2 Å². The fourth-order valence-corrected chi connectivity index (χ4v) is 2.79. The molecule has 6 nitrogen and oxygen atoms in total. The van der Waals surface area contributed by atoms with Crippen LogP contribution >= 0.6 is 0 Å². The van der Waals surface area contributed by atoms with Crippen molar-refractivity contribution in [3.8, 4) is 5.75 Å². The predicted octanol–water partition coefficient (Wildman–Crippen LogP) is 3.92. The van der Waals surface area contributed by atoms with Crippen LogP contribution in [0.4, 0.5) is 5.69 Å². The molecule has 6 heteroatoms. The van der Waals surface area contributed by atoms with Gasteiger partial charge in [0.05, 0.1) is 19.1 Å². The van der Waals surface area contributed by atoms with Crippen molar-refractivity contribution in [1.29, 1.82) is 0 Å². The normalized spacial score (nSPS) is 10.2. The smallest absolute Gasteiger partial charge is 0.338 e. The van der Waals surface area contributed by atoms with E-state index in [4.69, 9.17) is 9.47 Å². The molecule has 0 aromatic heterocycles. The molecule has 152 valence electrons. The van der Waals surface area contributed by atoms with Gasteiger partial charge in [-0.1, -0.05) is 36.4 Å². The molecule has 0 heterocycles. The standard InChI is InChI=1S/C24H21NO5/c1-29-21-12-10-18(11-13-21)22(26)16-30-24(28)19-8-5-9-20(15-19)25-23(27)14-17-6-3-2-4-7-17/h2-13,15H,14,16H2,1H3,(H,25,27). The van der Waals surface area contributed by atoms with Gasteiger partial charge >= 0.3 is 5.97 Å². The van der Waals surface area contributed by atoms with Gasteiger partial charge in [-0.3, -0.25) is 9.59 Å². The van der Waals surface area contributed by atoms with Gasteiger partial charge in [-0.25, -0.2) is 4.79 Å². The quantitative estimate of drug-likeness (QED) is 0.455. The lowest BCUT2D eigenvalue weighted by atomic mass is 10.1. The van der Waals surface area contributed by atoms with Crippen LogP contribution in [0, 0.1) is 0 Å². The zero-order valence-electron chi connectivity index (χ0n) is 16.5. The molecule has 0 bridgehead atoms. The molecule has 0 fully saturated rings. The van der Waals surface area contributed by atoms with E-state index in [2.05, 4.69) is 5.32 Å². The fraction of sp³-hybridized carbons (Fsp3) is 0.125. The lowest BCUT2D eigenvalue weighted by molar-refractivity contribution is -0.115. The van der Waals surface area contributed by atoms with E-state index < -0.39 is 5.97 Å². The van der Waals surface area contributed by atoms with Crippen LogP contribution in [0.15, 0.2) is 78.9 Å². The third-order valence-electron chi connectivity index (χ3n) is 4.34. The number of nitrogens with one attached hydrogen (secondary N) is 1. The molecule has 3 aromatic carbocycles. The first-order chi connectivity index (χ1) is 14.5. The first-order valence-electron chi connectivity index (χ1n) is 9.33. The minimum Gasteiger partial charge on any atom is -0.497 e. The van der Waals surface area contributed by atoms with Crippen LogP contribution in [0.1, 0.15) is 26.3 Å². The summed E-state index contributed by atoms with van der Waals surface area (Å²) in [6, 6.07) is 22.3. The lowest BCUT2D eigenvalue weighted by Gasteiger charge is -2.08. The van der Waals surface area contributed by atoms with Crippen molar-refractivity contribution in [1.82, 2.24) is 0 Å². The average Bonchev–Trinajstić information content (AvgIpc) is 2.78. The van der Waals surface area contributed by atoms with Crippen molar-refractivity contribution in [2.24, 2.45) is 0 Å². The SMILES string of the molecule is COc1ccc(C(=O)COC(=O)c2cccc(NC(=O)Cc3ccccc3)c2)cc1. The van der Waals surface area contributed by atoms with E-state index in [1.807, 2.05) is 30.3 Å². The number of ketones is 1. The Hall–Kier alpha value is -3.93. The molecule has 3 rings (SSSR count). The second kappa shape index (κ2) is 10.0. The van der Waals surface area contributed by atoms with E-state index in [0.717, 1.165) is 5.56 Å². The average molecular weight is 403 g/mol. The molecule has 0 radical (unpaired) electrons. The van der Waals surface area contributed by atoms with Crippen molar-refractivity contribution in [2.45, 2.75) is 6.42 Å². The Morgan fingerprint density at radius 1 is 0.833 bits per heavy atom. The van der Waals surface area contributed by atoms with E-state index >= 15 is 0 Å². The first-order valence-corrected chi connectivity index (χ1v) is 9.33. The van der Waals surface area contributed by atoms with Crippen molar-refractivity contribution in [2.75, 3.05) is 19.0 Å². The summed E-state index contributed by atoms with van der Waals surface area (Å²) in [6.07, 6.45) is 0.228. The van der Waals surface area contributed by atoms with E-state index in [9.17, 15) is 14.4 Å². The number of hydrogen-bond donors (Lipinski definition) is 1. The number of anilines is 1. The highest BCUT2D eigenvalue weighted by molar-refractivity contribution is 6.00. The van der Waals surface area contributed by atoms with E-state index in [0.29, 0.717) is 17.0 Å². The Kier molecular flexibility index (Phi) is 6.95. The summed E-state index contributed by atoms with van der Waals surface area (Å²) in [4.78, 5) is 36.7. The summed E-state index contributed by atoms with van der Waals surface area (Å²) in [5.74, 6) is -0.523. The van der Waals surface area contributed by atoms with Crippen molar-refractivity contribution >= 4 is 23.3 Å². The predicted molar refractivity (Wildman–Crippen MR) is 113 cm³/mol. The molecule has 30 heavy (non-hydrogen) atoms. The number of amides is 1. The molecule has 0 aliphatic heterocycles. The van der Waals surface area contributed by atoms with Crippen LogP contribution in [0.3, 0.4) is 0 Å². The number of ether oxygens (including phenoxy) is 2. The number of methoxy groups -OCH3 is 1. The summed E-state index contributed by atoms with van der Waals surface area (Å²) in [5.41, 5.74) is 2.04. The van der Waals surface area contributed by atoms with Crippen LogP contribution < -0.4 is 10.1 Å². The first kappa shape index (κ1) is 20.8. The maximum atomic E-state index is 12.3. The zero-order valence-corrected chi connectivity index (χ0v) is 16.5. The minimum absolute atomic E-state index is 0.193. The lowest BCUT2D eigenvalue weighted by Crippen LogP contribution is -2.16. The van der Waals surface area contributed by atoms with E-state index in [1.54, 1.807) is 42.5 Å². The number of carbonyl (C=O) groups excluding carboxylic acids is 3. The highest BCUT2D eigenvalue weighted by atomic mass is 16.5. The monoisotopic (exact) mass is 403 g/mol. The number of hydrogen-bond acceptors (Lipinski definition) is 5. The van der Waals surface area contributed by atoms with Crippen molar-refractivity contribution in [3.05, 3.63) is 95.6 Å². The van der Waals surface area contributed by atoms with Gasteiger partial charge in [0.25, 0.3) is 0 Å². The highest BCUT2D eigenvalue weighted by Gasteiger charge is 2.13. The summed E-state index contributed by atoms with van der Waals surface area (Å²) in [6.45, 7) is -0.379. The largest absolute Gasteiger partial charge is 0.497 e. The number of benzene rings is 3. The van der Waals surface area contributed by atoms with Crippen LogP contribution in [0.5, 0.6) is 5.75 Å². The van der Waals surface area contributed by atoms with Gasteiger partial charge in [0.2, 0.25) is 5.91 Å². The van der Waals surface area contributed by atoms with Gasteiger partial charge < -0.3 is 14.8 Å². The summed E-state index contributed by atoms with van der Waals surface area (Å²) in [5, 5.41) is 2.76. The molecular formula is C24H21NO5. The zero-order chi connectivity index (χ0) is 21.3. The maximum Gasteiger partial charge on any atom is 0.338 e. The third-order valence-corrected chi connectivity index (χ3v) is 4.34. The molecule has 0 atom stereocenters. The minimum atomic E-state index is -0.643. The Balaban J connectivity index is 1.55. The molecule has 3 aromatic rings. The second-order valence-corrected chi connectivity index (χ2v) is 6.52. The molecule has 1 amide bonds. The molecule has 0 spiro atoms. The van der Waals surface area contributed by atoms with Crippen molar-refractivity contribution in [3.63, 3.8) is 0 Å². The molecule has 0 saturated carbocycles. The van der Waals surface area contributed by atoms with Gasteiger partial charge in [-0.15, -0.1) is 0 Å². The number of Topliss-reactive ketones (excluding diaryl/α,β-unsaturated/α-hetero) is 1. The van der Waals surface area contributed by atoms with E-state index in [-0.39, 0.29) is 30.3 Å². The van der Waals surface area contributed by atoms with Crippen LogP contribution in [-0.4, -0.2) is 31.4 Å². The molecular weight excluding hydrogens is 382 g/mol. The number of rotatable bonds is 8. The van der Waals surface area contributed by atoms with Crippen molar-refractivity contribution < 1.29 is 23.9 Å². The molecule has 1 N–H and O–H groups in total. The number of esters is 1. The third kappa shape index (κ3) is 5.78. The Labute approximate surface area is 174 Å². The van der Waals surface area contributed by atoms with Crippen LogP contribution in [-0.2, 0) is 16.0 Å². The Bertz CT molecular complexity index is 1030. The van der Waals surface area contributed by atoms with Gasteiger partial charge in [0, 0.05) is 11.3 Å². The van der Waals surface area contributed by atoms with Gasteiger partial charge in [-0.2, -0.15) is 0 Å². The fourth-order valence-electron chi connectivity index (χ4n) is 2.79. The second-order valence-electron chi connectivity index (χ2n) is 6.52. The summed E-state index contributed by atoms with van der Waals surface area (Å²) < 4.78 is 10.2. The van der Waals surface area contributed by atoms with Gasteiger partial charge in [-0.05, 0) is 48.0 Å². The van der Waals surface area contributed by atoms with Crippen LogP contribution in [0.2, 0.25) is 0 Å². The number of carbonyl (C=O) groups is 3. The Morgan fingerprint density at radius 2 is 1.57 bits per heavy atom. The van der Waals surface area contributed by atoms with Crippen LogP contribution in [0.25, 0.3) is 0 Å². The topological polar surface area (TPSA) is 81.7 Å². The Morgan fingerprint density at radius 3 is 2.27 bits per heavy atom. The van der Waals surface area contributed by atoms with Gasteiger partial charge in [0.15, 0.2) is 12.4 Å². The summed E-state index contributed by atoms with van der Waals surface area (Å²) in [7, 11) is 1.54. The van der Waals surface area contributed by atoms with Gasteiger partial charge in [0.1, 0.15) is 5.75 Å². The molecule has 0 unspecified atom stereocenters. The molecule has 0 aliphatic rings.